The zero-order valence-electron chi connectivity index (χ0n) is 20.1. The van der Waals surface area contributed by atoms with Crippen molar-refractivity contribution in [1.29, 1.82) is 0 Å². The Hall–Kier alpha value is -2.19. The van der Waals surface area contributed by atoms with Gasteiger partial charge in [-0.1, -0.05) is 12.2 Å². The van der Waals surface area contributed by atoms with Gasteiger partial charge in [-0.15, -0.1) is 13.2 Å². The zero-order valence-corrected chi connectivity index (χ0v) is 20.1. The van der Waals surface area contributed by atoms with E-state index >= 15 is 0 Å². The molecule has 0 aromatic rings. The van der Waals surface area contributed by atoms with E-state index in [2.05, 4.69) is 13.2 Å². The van der Waals surface area contributed by atoms with Crippen molar-refractivity contribution in [2.45, 2.75) is 76.2 Å². The Bertz CT molecular complexity index is 790. The molecule has 2 bridgehead atoms. The topological polar surface area (TPSA) is 96.4 Å². The van der Waals surface area contributed by atoms with Crippen molar-refractivity contribution in [3.05, 3.63) is 25.3 Å². The quantitative estimate of drug-likeness (QED) is 0.287. The van der Waals surface area contributed by atoms with Gasteiger partial charge in [0, 0.05) is 25.2 Å². The second-order valence-electron chi connectivity index (χ2n) is 10.2. The van der Waals surface area contributed by atoms with Crippen LogP contribution in [0.4, 0.5) is 0 Å². The van der Waals surface area contributed by atoms with Gasteiger partial charge in [0.1, 0.15) is 11.6 Å². The average Bonchev–Trinajstić information content (AvgIpc) is 3.39. The molecule has 8 heteroatoms. The van der Waals surface area contributed by atoms with E-state index in [1.54, 1.807) is 17.1 Å². The van der Waals surface area contributed by atoms with Crippen LogP contribution >= 0.6 is 0 Å². The fourth-order valence-electron chi connectivity index (χ4n) is 5.65. The minimum absolute atomic E-state index is 0.101. The summed E-state index contributed by atoms with van der Waals surface area (Å²) in [5.74, 6) is -2.37. The third-order valence-electron chi connectivity index (χ3n) is 7.05. The first-order valence-corrected chi connectivity index (χ1v) is 11.9. The molecule has 0 aromatic heterocycles. The maximum absolute atomic E-state index is 14.0. The summed E-state index contributed by atoms with van der Waals surface area (Å²) in [6, 6.07) is -0.843. The van der Waals surface area contributed by atoms with Crippen LogP contribution in [0.2, 0.25) is 0 Å². The van der Waals surface area contributed by atoms with Crippen molar-refractivity contribution in [2.75, 3.05) is 26.3 Å². The molecular weight excluding hydrogens is 424 g/mol. The first kappa shape index (κ1) is 25.4. The van der Waals surface area contributed by atoms with E-state index in [0.717, 1.165) is 6.42 Å². The predicted molar refractivity (Wildman–Crippen MR) is 123 cm³/mol. The van der Waals surface area contributed by atoms with Crippen molar-refractivity contribution >= 4 is 17.8 Å². The van der Waals surface area contributed by atoms with Gasteiger partial charge in [0.15, 0.2) is 0 Å². The van der Waals surface area contributed by atoms with Gasteiger partial charge in [0.2, 0.25) is 11.8 Å². The van der Waals surface area contributed by atoms with Crippen LogP contribution in [0.15, 0.2) is 25.3 Å². The van der Waals surface area contributed by atoms with Crippen LogP contribution in [0.5, 0.6) is 0 Å². The molecule has 0 saturated carbocycles. The van der Waals surface area contributed by atoms with Crippen molar-refractivity contribution < 1.29 is 29.0 Å². The smallest absolute Gasteiger partial charge is 0.312 e. The Morgan fingerprint density at radius 3 is 2.64 bits per heavy atom. The van der Waals surface area contributed by atoms with E-state index < -0.39 is 41.1 Å². The third kappa shape index (κ3) is 4.47. The largest absolute Gasteiger partial charge is 0.465 e. The number of esters is 1. The minimum Gasteiger partial charge on any atom is -0.465 e. The Balaban J connectivity index is 1.94. The van der Waals surface area contributed by atoms with Gasteiger partial charge in [0.25, 0.3) is 0 Å². The SMILES string of the molecule is C=CCCCOC(=O)[C@@H]1[C@H]2C(=O)N(CCCO)C(C(=O)N(CC=C)C(C)(C)C)C23CC[C@H]1O3. The number of unbranched alkanes of at least 4 members (excludes halogenated alkanes) is 1. The third-order valence-corrected chi connectivity index (χ3v) is 7.05. The molecule has 0 aliphatic carbocycles. The number of nitrogens with zero attached hydrogens (tertiary/aromatic N) is 2. The predicted octanol–water partition coefficient (Wildman–Crippen LogP) is 2.07. The summed E-state index contributed by atoms with van der Waals surface area (Å²) in [6.45, 7) is 14.0. The summed E-state index contributed by atoms with van der Waals surface area (Å²) in [6.07, 6.45) is 5.90. The molecule has 1 spiro atoms. The maximum atomic E-state index is 14.0. The van der Waals surface area contributed by atoms with Gasteiger partial charge < -0.3 is 24.4 Å². The molecule has 0 aromatic carbocycles. The number of hydrogen-bond donors (Lipinski definition) is 1. The van der Waals surface area contributed by atoms with Crippen LogP contribution in [0.1, 0.15) is 52.9 Å². The summed E-state index contributed by atoms with van der Waals surface area (Å²) in [4.78, 5) is 43.9. The van der Waals surface area contributed by atoms with Crippen LogP contribution in [0.25, 0.3) is 0 Å². The minimum atomic E-state index is -1.05. The molecule has 184 valence electrons. The van der Waals surface area contributed by atoms with Gasteiger partial charge in [-0.25, -0.2) is 0 Å². The highest BCUT2D eigenvalue weighted by Gasteiger charge is 2.75. The molecular formula is C25H38N2O6. The second-order valence-corrected chi connectivity index (χ2v) is 10.2. The Kier molecular flexibility index (Phi) is 7.69. The number of aliphatic hydroxyl groups is 1. The lowest BCUT2D eigenvalue weighted by Crippen LogP contribution is -2.60. The summed E-state index contributed by atoms with van der Waals surface area (Å²) in [5, 5.41) is 9.42. The first-order chi connectivity index (χ1) is 15.6. The molecule has 3 heterocycles. The average molecular weight is 463 g/mol. The van der Waals surface area contributed by atoms with Crippen molar-refractivity contribution in [3.8, 4) is 0 Å². The second kappa shape index (κ2) is 9.97. The summed E-state index contributed by atoms with van der Waals surface area (Å²) in [7, 11) is 0. The highest BCUT2D eigenvalue weighted by Crippen LogP contribution is 2.59. The molecule has 3 aliphatic rings. The van der Waals surface area contributed by atoms with Gasteiger partial charge in [-0.05, 0) is 52.9 Å². The van der Waals surface area contributed by atoms with E-state index in [-0.39, 0.29) is 31.6 Å². The Morgan fingerprint density at radius 2 is 2.03 bits per heavy atom. The molecule has 3 aliphatic heterocycles. The lowest BCUT2D eigenvalue weighted by molar-refractivity contribution is -0.156. The molecule has 0 radical (unpaired) electrons. The van der Waals surface area contributed by atoms with Gasteiger partial charge in [0.05, 0.1) is 24.5 Å². The van der Waals surface area contributed by atoms with Crippen LogP contribution < -0.4 is 0 Å². The van der Waals surface area contributed by atoms with E-state index in [1.165, 1.54) is 4.90 Å². The number of allylic oxidation sites excluding steroid dienone is 1. The number of carbonyl (C=O) groups is 3. The normalized spacial score (nSPS) is 30.3. The molecule has 33 heavy (non-hydrogen) atoms. The summed E-state index contributed by atoms with van der Waals surface area (Å²) >= 11 is 0. The molecule has 3 fully saturated rings. The van der Waals surface area contributed by atoms with Crippen molar-refractivity contribution in [1.82, 2.24) is 9.80 Å². The number of aliphatic hydroxyl groups excluding tert-OH is 1. The van der Waals surface area contributed by atoms with Crippen molar-refractivity contribution in [3.63, 3.8) is 0 Å². The number of ether oxygens (including phenoxy) is 2. The van der Waals surface area contributed by atoms with Crippen LogP contribution in [-0.4, -0.2) is 82.3 Å². The first-order valence-electron chi connectivity index (χ1n) is 11.9. The van der Waals surface area contributed by atoms with Crippen molar-refractivity contribution in [2.24, 2.45) is 11.8 Å². The molecule has 5 atom stereocenters. The van der Waals surface area contributed by atoms with E-state index in [4.69, 9.17) is 9.47 Å². The number of hydrogen-bond acceptors (Lipinski definition) is 6. The number of fused-ring (bicyclic) bond motifs is 1. The molecule has 1 N–H and O–H groups in total. The highest BCUT2D eigenvalue weighted by molar-refractivity contribution is 5.98. The highest BCUT2D eigenvalue weighted by atomic mass is 16.6. The van der Waals surface area contributed by atoms with E-state index in [9.17, 15) is 19.5 Å². The zero-order chi connectivity index (χ0) is 24.4. The lowest BCUT2D eigenvalue weighted by atomic mass is 9.70. The van der Waals surface area contributed by atoms with Gasteiger partial charge in [-0.2, -0.15) is 0 Å². The fraction of sp³-hybridized carbons (Fsp3) is 0.720. The number of likely N-dealkylation sites (tertiary alicyclic amines) is 1. The summed E-state index contributed by atoms with van der Waals surface area (Å²) < 4.78 is 11.9. The number of carbonyl (C=O) groups excluding carboxylic acids is 3. The molecule has 3 saturated heterocycles. The van der Waals surface area contributed by atoms with Crippen LogP contribution in [-0.2, 0) is 23.9 Å². The Labute approximate surface area is 196 Å². The maximum Gasteiger partial charge on any atom is 0.312 e. The molecule has 2 unspecified atom stereocenters. The van der Waals surface area contributed by atoms with Crippen LogP contribution in [0, 0.1) is 11.8 Å². The number of rotatable bonds is 11. The molecule has 2 amide bonds. The molecule has 8 nitrogen and oxygen atoms in total. The summed E-state index contributed by atoms with van der Waals surface area (Å²) in [5.41, 5.74) is -1.55. The van der Waals surface area contributed by atoms with E-state index in [0.29, 0.717) is 32.2 Å². The Morgan fingerprint density at radius 1 is 1.30 bits per heavy atom. The van der Waals surface area contributed by atoms with Gasteiger partial charge in [-0.3, -0.25) is 14.4 Å². The standard InChI is InChI=1S/C25H38N2O6/c1-6-8-9-16-32-23(31)18-17-11-12-25(33-17)19(18)21(29)26(14-10-15-28)20(25)22(30)27(13-7-2)24(3,4)5/h6-7,17-20,28H,1-2,8-16H2,3-5H3/t17-,18+,19+,20?,25?/m1/s1. The van der Waals surface area contributed by atoms with Crippen LogP contribution in [0.3, 0.4) is 0 Å². The lowest BCUT2D eigenvalue weighted by Gasteiger charge is -2.42. The fourth-order valence-corrected chi connectivity index (χ4v) is 5.65. The monoisotopic (exact) mass is 462 g/mol. The van der Waals surface area contributed by atoms with Gasteiger partial charge >= 0.3 is 5.97 Å². The molecule has 3 rings (SSSR count). The van der Waals surface area contributed by atoms with E-state index in [1.807, 2.05) is 20.8 Å². The number of amides is 2.